The van der Waals surface area contributed by atoms with Crippen molar-refractivity contribution in [3.63, 3.8) is 0 Å². The van der Waals surface area contributed by atoms with Crippen LogP contribution >= 0.6 is 11.3 Å². The van der Waals surface area contributed by atoms with Crippen LogP contribution in [0.5, 0.6) is 0 Å². The summed E-state index contributed by atoms with van der Waals surface area (Å²) in [5, 5.41) is 5.34. The maximum Gasteiger partial charge on any atom is 0.324 e. The fraction of sp³-hybridized carbons (Fsp3) is 0.615. The molecular weight excluding hydrogens is 248 g/mol. The summed E-state index contributed by atoms with van der Waals surface area (Å²) in [7, 11) is 0. The average molecular weight is 268 g/mol. The molecule has 0 aliphatic carbocycles. The molecule has 1 aromatic heterocycles. The second kappa shape index (κ2) is 6.31. The maximum atomic E-state index is 12.0. The zero-order valence-corrected chi connectivity index (χ0v) is 11.7. The van der Waals surface area contributed by atoms with Gasteiger partial charge in [0.1, 0.15) is 6.04 Å². The minimum absolute atomic E-state index is 0.117. The first-order valence-corrected chi connectivity index (χ1v) is 7.28. The summed E-state index contributed by atoms with van der Waals surface area (Å²) in [6.45, 7) is 6.92. The molecule has 2 rings (SSSR count). The lowest BCUT2D eigenvalue weighted by atomic mass is 10.1. The van der Waals surface area contributed by atoms with Gasteiger partial charge in [0.05, 0.1) is 6.61 Å². The smallest absolute Gasteiger partial charge is 0.324 e. The molecule has 0 radical (unpaired) electrons. The quantitative estimate of drug-likeness (QED) is 0.843. The van der Waals surface area contributed by atoms with Crippen LogP contribution in [0.1, 0.15) is 24.8 Å². The van der Waals surface area contributed by atoms with Crippen LogP contribution < -0.4 is 5.32 Å². The molecule has 1 saturated heterocycles. The highest BCUT2D eigenvalue weighted by Gasteiger charge is 2.33. The Balaban J connectivity index is 2.10. The molecule has 2 atom stereocenters. The standard InChI is InChI=1S/C13H20N2O2S/c1-3-17-13(16)11-9-14-6-7-15(11)10(2)12-5-4-8-18-12/h4-5,8,10-11,14H,3,6-7,9H2,1-2H3. The summed E-state index contributed by atoms with van der Waals surface area (Å²) in [6.07, 6.45) is 0. The summed E-state index contributed by atoms with van der Waals surface area (Å²) in [5.41, 5.74) is 0. The largest absolute Gasteiger partial charge is 0.465 e. The molecule has 1 N–H and O–H groups in total. The van der Waals surface area contributed by atoms with E-state index in [1.165, 1.54) is 4.88 Å². The monoisotopic (exact) mass is 268 g/mol. The van der Waals surface area contributed by atoms with Gasteiger partial charge in [0.2, 0.25) is 0 Å². The van der Waals surface area contributed by atoms with E-state index in [4.69, 9.17) is 4.74 Å². The number of rotatable bonds is 4. The van der Waals surface area contributed by atoms with Crippen LogP contribution in [0.4, 0.5) is 0 Å². The highest BCUT2D eigenvalue weighted by molar-refractivity contribution is 7.10. The Morgan fingerprint density at radius 2 is 2.56 bits per heavy atom. The number of ether oxygens (including phenoxy) is 1. The first-order valence-electron chi connectivity index (χ1n) is 6.40. The average Bonchev–Trinajstić information content (AvgIpc) is 2.92. The van der Waals surface area contributed by atoms with Gasteiger partial charge in [-0.25, -0.2) is 0 Å². The molecule has 1 fully saturated rings. The SMILES string of the molecule is CCOC(=O)C1CNCCN1C(C)c1cccs1. The Bertz CT molecular complexity index is 380. The number of hydrogen-bond donors (Lipinski definition) is 1. The van der Waals surface area contributed by atoms with Crippen molar-refractivity contribution in [3.8, 4) is 0 Å². The van der Waals surface area contributed by atoms with Crippen molar-refractivity contribution in [2.75, 3.05) is 26.2 Å². The summed E-state index contributed by atoms with van der Waals surface area (Å²) in [6, 6.07) is 4.27. The molecule has 4 nitrogen and oxygen atoms in total. The van der Waals surface area contributed by atoms with Gasteiger partial charge >= 0.3 is 5.97 Å². The molecule has 0 saturated carbocycles. The summed E-state index contributed by atoms with van der Waals surface area (Å²) >= 11 is 1.74. The minimum Gasteiger partial charge on any atom is -0.465 e. The molecule has 18 heavy (non-hydrogen) atoms. The van der Waals surface area contributed by atoms with Crippen LogP contribution in [-0.4, -0.2) is 43.2 Å². The second-order valence-electron chi connectivity index (χ2n) is 4.40. The number of hydrogen-bond acceptors (Lipinski definition) is 5. The number of esters is 1. The summed E-state index contributed by atoms with van der Waals surface area (Å²) < 4.78 is 5.16. The normalized spacial score (nSPS) is 22.7. The highest BCUT2D eigenvalue weighted by atomic mass is 32.1. The van der Waals surface area contributed by atoms with E-state index in [9.17, 15) is 4.79 Å². The fourth-order valence-electron chi connectivity index (χ4n) is 2.33. The van der Waals surface area contributed by atoms with E-state index >= 15 is 0 Å². The van der Waals surface area contributed by atoms with Gasteiger partial charge in [-0.15, -0.1) is 11.3 Å². The van der Waals surface area contributed by atoms with Gasteiger partial charge in [0.25, 0.3) is 0 Å². The van der Waals surface area contributed by atoms with E-state index in [2.05, 4.69) is 34.7 Å². The highest BCUT2D eigenvalue weighted by Crippen LogP contribution is 2.27. The van der Waals surface area contributed by atoms with Crippen molar-refractivity contribution in [2.45, 2.75) is 25.9 Å². The van der Waals surface area contributed by atoms with Crippen LogP contribution in [-0.2, 0) is 9.53 Å². The number of piperazine rings is 1. The molecule has 0 amide bonds. The van der Waals surface area contributed by atoms with Gasteiger partial charge in [0, 0.05) is 30.6 Å². The number of carbonyl (C=O) groups excluding carboxylic acids is 1. The number of nitrogens with one attached hydrogen (secondary N) is 1. The molecule has 1 aliphatic heterocycles. The molecule has 0 bridgehead atoms. The van der Waals surface area contributed by atoms with E-state index in [-0.39, 0.29) is 18.1 Å². The van der Waals surface area contributed by atoms with Gasteiger partial charge < -0.3 is 10.1 Å². The van der Waals surface area contributed by atoms with Crippen LogP contribution in [0, 0.1) is 0 Å². The van der Waals surface area contributed by atoms with Crippen LogP contribution in [0.15, 0.2) is 17.5 Å². The number of carbonyl (C=O) groups is 1. The fourth-order valence-corrected chi connectivity index (χ4v) is 3.14. The molecule has 2 heterocycles. The Kier molecular flexibility index (Phi) is 4.74. The van der Waals surface area contributed by atoms with Gasteiger partial charge in [-0.05, 0) is 25.3 Å². The predicted molar refractivity (Wildman–Crippen MR) is 72.7 cm³/mol. The van der Waals surface area contributed by atoms with Gasteiger partial charge in [0.15, 0.2) is 0 Å². The van der Waals surface area contributed by atoms with Crippen molar-refractivity contribution in [1.29, 1.82) is 0 Å². The van der Waals surface area contributed by atoms with Crippen LogP contribution in [0.2, 0.25) is 0 Å². The predicted octanol–water partition coefficient (Wildman–Crippen LogP) is 1.65. The summed E-state index contributed by atoms with van der Waals surface area (Å²) in [5.74, 6) is -0.117. The molecule has 100 valence electrons. The Labute approximate surface area is 112 Å². The molecule has 0 spiro atoms. The zero-order chi connectivity index (χ0) is 13.0. The lowest BCUT2D eigenvalue weighted by Crippen LogP contribution is -2.55. The third-order valence-electron chi connectivity index (χ3n) is 3.30. The third-order valence-corrected chi connectivity index (χ3v) is 4.34. The molecule has 1 aliphatic rings. The maximum absolute atomic E-state index is 12.0. The minimum atomic E-state index is -0.171. The van der Waals surface area contributed by atoms with E-state index in [1.54, 1.807) is 11.3 Å². The lowest BCUT2D eigenvalue weighted by Gasteiger charge is -2.38. The van der Waals surface area contributed by atoms with E-state index in [0.717, 1.165) is 13.1 Å². The van der Waals surface area contributed by atoms with Crippen molar-refractivity contribution in [1.82, 2.24) is 10.2 Å². The van der Waals surface area contributed by atoms with Crippen molar-refractivity contribution >= 4 is 17.3 Å². The van der Waals surface area contributed by atoms with E-state index < -0.39 is 0 Å². The Morgan fingerprint density at radius 1 is 1.72 bits per heavy atom. The van der Waals surface area contributed by atoms with Crippen LogP contribution in [0.25, 0.3) is 0 Å². The molecule has 5 heteroatoms. The summed E-state index contributed by atoms with van der Waals surface area (Å²) in [4.78, 5) is 15.5. The van der Waals surface area contributed by atoms with Crippen molar-refractivity contribution in [3.05, 3.63) is 22.4 Å². The Hall–Kier alpha value is -0.910. The first-order chi connectivity index (χ1) is 8.74. The van der Waals surface area contributed by atoms with Gasteiger partial charge in [-0.1, -0.05) is 6.07 Å². The lowest BCUT2D eigenvalue weighted by molar-refractivity contribution is -0.151. The molecule has 1 aromatic rings. The topological polar surface area (TPSA) is 41.6 Å². The van der Waals surface area contributed by atoms with Crippen molar-refractivity contribution in [2.24, 2.45) is 0 Å². The second-order valence-corrected chi connectivity index (χ2v) is 5.38. The third kappa shape index (κ3) is 2.91. The number of nitrogens with zero attached hydrogens (tertiary/aromatic N) is 1. The van der Waals surface area contributed by atoms with Crippen LogP contribution in [0.3, 0.4) is 0 Å². The Morgan fingerprint density at radius 3 is 3.22 bits per heavy atom. The van der Waals surface area contributed by atoms with E-state index in [1.807, 2.05) is 6.92 Å². The zero-order valence-electron chi connectivity index (χ0n) is 10.9. The number of thiophene rings is 1. The molecular formula is C13H20N2O2S. The molecule has 0 aromatic carbocycles. The van der Waals surface area contributed by atoms with E-state index in [0.29, 0.717) is 13.2 Å². The van der Waals surface area contributed by atoms with Gasteiger partial charge in [-0.3, -0.25) is 9.69 Å². The first kappa shape index (κ1) is 13.5. The molecule has 2 unspecified atom stereocenters. The van der Waals surface area contributed by atoms with Gasteiger partial charge in [-0.2, -0.15) is 0 Å². The van der Waals surface area contributed by atoms with Crippen molar-refractivity contribution < 1.29 is 9.53 Å².